The Balaban J connectivity index is 1.91. The zero-order chi connectivity index (χ0) is 17.7. The third-order valence-electron chi connectivity index (χ3n) is 7.38. The van der Waals surface area contributed by atoms with Crippen molar-refractivity contribution in [1.29, 1.82) is 0 Å². The first kappa shape index (κ1) is 18.7. The Morgan fingerprint density at radius 3 is 1.72 bits per heavy atom. The van der Waals surface area contributed by atoms with Crippen LogP contribution < -0.4 is 0 Å². The molecule has 0 aromatic heterocycles. The Morgan fingerprint density at radius 2 is 1.32 bits per heavy atom. The van der Waals surface area contributed by atoms with Crippen LogP contribution in [0, 0.1) is 0 Å². The van der Waals surface area contributed by atoms with Gasteiger partial charge in [-0.2, -0.15) is 0 Å². The van der Waals surface area contributed by atoms with Gasteiger partial charge in [0.2, 0.25) is 0 Å². The summed E-state index contributed by atoms with van der Waals surface area (Å²) in [6.45, 7) is 4.88. The third kappa shape index (κ3) is 2.59. The SMILES string of the molecule is C[O][Zr]([Cl])([CH]1C=CC2=C1CCCC2)([CH]1C=CC2=C1CCCC2)=[Si](C)C. The van der Waals surface area contributed by atoms with Gasteiger partial charge in [-0.1, -0.05) is 0 Å². The van der Waals surface area contributed by atoms with E-state index in [0.717, 1.165) is 0 Å². The van der Waals surface area contributed by atoms with E-state index in [2.05, 4.69) is 37.4 Å². The molecule has 2 unspecified atom stereocenters. The van der Waals surface area contributed by atoms with E-state index in [-0.39, 0.29) is 0 Å². The van der Waals surface area contributed by atoms with E-state index in [1.54, 1.807) is 22.3 Å². The molecule has 0 spiro atoms. The van der Waals surface area contributed by atoms with Crippen LogP contribution in [0.15, 0.2) is 46.6 Å². The van der Waals surface area contributed by atoms with Crippen LogP contribution in [0.4, 0.5) is 0 Å². The summed E-state index contributed by atoms with van der Waals surface area (Å²) in [5.74, 6) is 0. The van der Waals surface area contributed by atoms with Gasteiger partial charge in [0.15, 0.2) is 0 Å². The molecule has 0 bridgehead atoms. The molecule has 0 radical (unpaired) electrons. The molecule has 0 heterocycles. The van der Waals surface area contributed by atoms with Gasteiger partial charge in [-0.15, -0.1) is 0 Å². The maximum absolute atomic E-state index is 8.03. The molecule has 4 rings (SSSR count). The minimum atomic E-state index is -4.06. The molecule has 0 fully saturated rings. The minimum absolute atomic E-state index is 0.427. The van der Waals surface area contributed by atoms with Crippen LogP contribution in [0.5, 0.6) is 0 Å². The summed E-state index contributed by atoms with van der Waals surface area (Å²) in [4.78, 5) is 0. The molecule has 0 N–H and O–H groups in total. The number of allylic oxidation sites excluding steroid dienone is 8. The van der Waals surface area contributed by atoms with Crippen LogP contribution in [0.1, 0.15) is 51.4 Å². The number of halogens is 1. The molecule has 2 atom stereocenters. The zero-order valence-electron chi connectivity index (χ0n) is 15.9. The Labute approximate surface area is 158 Å². The summed E-state index contributed by atoms with van der Waals surface area (Å²) < 4.78 is 7.56. The van der Waals surface area contributed by atoms with Gasteiger partial charge in [0.25, 0.3) is 0 Å². The molecule has 0 saturated heterocycles. The van der Waals surface area contributed by atoms with Crippen molar-refractivity contribution in [2.75, 3.05) is 7.11 Å². The Bertz CT molecular complexity index is 743. The average Bonchev–Trinajstić information content (AvgIpc) is 3.26. The molecular weight excluding hydrogens is 423 g/mol. The monoisotopic (exact) mass is 452 g/mol. The van der Waals surface area contributed by atoms with Crippen molar-refractivity contribution in [3.63, 3.8) is 0 Å². The van der Waals surface area contributed by atoms with Crippen molar-refractivity contribution in [3.05, 3.63) is 46.6 Å². The van der Waals surface area contributed by atoms with E-state index in [9.17, 15) is 0 Å². The third-order valence-corrected chi connectivity index (χ3v) is 49.3. The first-order valence-electron chi connectivity index (χ1n) is 10.0. The van der Waals surface area contributed by atoms with Gasteiger partial charge in [-0.25, -0.2) is 0 Å². The number of hydrogen-bond acceptors (Lipinski definition) is 1. The molecular formula is C21H31ClOSiZr. The summed E-state index contributed by atoms with van der Waals surface area (Å²) in [5, 5.41) is 0. The van der Waals surface area contributed by atoms with Crippen molar-refractivity contribution in [2.24, 2.45) is 0 Å². The van der Waals surface area contributed by atoms with E-state index >= 15 is 0 Å². The fourth-order valence-electron chi connectivity index (χ4n) is 5.93. The Morgan fingerprint density at radius 1 is 0.880 bits per heavy atom. The van der Waals surface area contributed by atoms with Crippen LogP contribution in [-0.4, -0.2) is 12.5 Å². The van der Waals surface area contributed by atoms with Gasteiger partial charge in [-0.05, 0) is 0 Å². The standard InChI is InChI=1S/2C9H11.C2H6Si.CH3O.ClH.Zr/c2*1-2-5-9-7-3-6-8(9)4-1;1-3-2;1-2;;/h2*3,6-7H,1-2,4-5H2;1-2H3;1H3;1H;/q;;;-1;;+2/p-1. The normalized spacial score (nSPS) is 29.3. The van der Waals surface area contributed by atoms with Gasteiger partial charge in [0.1, 0.15) is 0 Å². The molecule has 0 saturated carbocycles. The van der Waals surface area contributed by atoms with Gasteiger partial charge < -0.3 is 0 Å². The number of hydrogen-bond donors (Lipinski definition) is 0. The van der Waals surface area contributed by atoms with Crippen LogP contribution in [0.2, 0.25) is 20.3 Å². The van der Waals surface area contributed by atoms with E-state index < -0.39 is 22.1 Å². The van der Waals surface area contributed by atoms with E-state index in [1.165, 1.54) is 51.4 Å². The first-order valence-corrected chi connectivity index (χ1v) is 23.2. The maximum atomic E-state index is 8.03. The molecule has 4 aliphatic carbocycles. The second-order valence-electron chi connectivity index (χ2n) is 8.58. The summed E-state index contributed by atoms with van der Waals surface area (Å²) in [7, 11) is 9.99. The zero-order valence-corrected chi connectivity index (χ0v) is 20.1. The molecule has 0 aliphatic heterocycles. The van der Waals surface area contributed by atoms with Crippen LogP contribution in [-0.2, 0) is 19.5 Å². The van der Waals surface area contributed by atoms with Gasteiger partial charge in [0, 0.05) is 0 Å². The fourth-order valence-corrected chi connectivity index (χ4v) is 34.6. The molecule has 1 nitrogen and oxygen atoms in total. The predicted molar refractivity (Wildman–Crippen MR) is 107 cm³/mol. The fraction of sp³-hybridized carbons (Fsp3) is 0.619. The summed E-state index contributed by atoms with van der Waals surface area (Å²) in [6, 6.07) is 0. The van der Waals surface area contributed by atoms with Crippen LogP contribution >= 0.6 is 8.51 Å². The van der Waals surface area contributed by atoms with Crippen molar-refractivity contribution >= 4 is 13.9 Å². The van der Waals surface area contributed by atoms with Gasteiger partial charge in [-0.3, -0.25) is 0 Å². The number of rotatable bonds is 3. The van der Waals surface area contributed by atoms with E-state index in [4.69, 9.17) is 11.3 Å². The predicted octanol–water partition coefficient (Wildman–Crippen LogP) is 7.10. The molecule has 4 aliphatic rings. The van der Waals surface area contributed by atoms with Crippen molar-refractivity contribution in [3.8, 4) is 0 Å². The van der Waals surface area contributed by atoms with Crippen molar-refractivity contribution in [2.45, 2.75) is 71.7 Å². The summed E-state index contributed by atoms with van der Waals surface area (Å²) >= 11 is -4.06. The average molecular weight is 454 g/mol. The van der Waals surface area contributed by atoms with Crippen LogP contribution in [0.3, 0.4) is 0 Å². The van der Waals surface area contributed by atoms with E-state index in [0.29, 0.717) is 7.25 Å². The Hall–Kier alpha value is 0.310. The van der Waals surface area contributed by atoms with Gasteiger partial charge >= 0.3 is 159 Å². The first-order chi connectivity index (χ1) is 12.0. The Kier molecular flexibility index (Phi) is 5.02. The molecule has 25 heavy (non-hydrogen) atoms. The molecule has 4 heteroatoms. The van der Waals surface area contributed by atoms with Crippen LogP contribution in [0.25, 0.3) is 0 Å². The quantitative estimate of drug-likeness (QED) is 0.414. The second kappa shape index (κ2) is 6.73. The van der Waals surface area contributed by atoms with E-state index in [1.807, 2.05) is 7.11 Å². The molecule has 0 aromatic carbocycles. The second-order valence-corrected chi connectivity index (χ2v) is 40.4. The topological polar surface area (TPSA) is 9.23 Å². The van der Waals surface area contributed by atoms with Crippen molar-refractivity contribution in [1.82, 2.24) is 0 Å². The molecule has 136 valence electrons. The summed E-state index contributed by atoms with van der Waals surface area (Å²) in [5.41, 5.74) is 5.76. The van der Waals surface area contributed by atoms with Crippen molar-refractivity contribution < 1.29 is 19.5 Å². The summed E-state index contributed by atoms with van der Waals surface area (Å²) in [6.07, 6.45) is 20.1. The molecule has 0 amide bonds. The van der Waals surface area contributed by atoms with Gasteiger partial charge in [0.05, 0.1) is 0 Å². The molecule has 0 aromatic rings.